The van der Waals surface area contributed by atoms with Gasteiger partial charge in [0.1, 0.15) is 17.5 Å². The van der Waals surface area contributed by atoms with Crippen LogP contribution in [0.25, 0.3) is 0 Å². The predicted molar refractivity (Wildman–Crippen MR) is 84.3 cm³/mol. The molecular formula is C15H25N5O. The lowest BCUT2D eigenvalue weighted by atomic mass is 9.89. The number of rotatable bonds is 3. The van der Waals surface area contributed by atoms with E-state index in [1.807, 2.05) is 27.7 Å². The van der Waals surface area contributed by atoms with Gasteiger partial charge >= 0.3 is 0 Å². The second kappa shape index (κ2) is 5.50. The van der Waals surface area contributed by atoms with Crippen molar-refractivity contribution in [2.24, 2.45) is 5.41 Å². The van der Waals surface area contributed by atoms with Crippen LogP contribution in [0.1, 0.15) is 44.5 Å². The molecule has 0 saturated carbocycles. The fourth-order valence-corrected chi connectivity index (χ4v) is 2.73. The Kier molecular flexibility index (Phi) is 4.07. The summed E-state index contributed by atoms with van der Waals surface area (Å²) < 4.78 is 0. The molecule has 0 bridgehead atoms. The molecule has 21 heavy (non-hydrogen) atoms. The molecule has 0 aromatic carbocycles. The van der Waals surface area contributed by atoms with Gasteiger partial charge in [-0.25, -0.2) is 9.97 Å². The molecule has 0 spiro atoms. The Bertz CT molecular complexity index is 557. The average molecular weight is 291 g/mol. The number of aromatic nitrogens is 2. The zero-order chi connectivity index (χ0) is 15.8. The minimum absolute atomic E-state index is 0.0776. The number of nitrogens with one attached hydrogen (secondary N) is 1. The SMILES string of the molecule is CNC(=O)C1(C)CCN(c2nc(C(C)C)nc(N)c2C)C1. The third kappa shape index (κ3) is 2.80. The van der Waals surface area contributed by atoms with Gasteiger partial charge in [0.05, 0.1) is 5.41 Å². The van der Waals surface area contributed by atoms with E-state index in [4.69, 9.17) is 5.73 Å². The summed E-state index contributed by atoms with van der Waals surface area (Å²) in [7, 11) is 1.68. The van der Waals surface area contributed by atoms with E-state index in [0.717, 1.165) is 30.2 Å². The van der Waals surface area contributed by atoms with E-state index in [2.05, 4.69) is 20.2 Å². The van der Waals surface area contributed by atoms with Crippen molar-refractivity contribution in [3.8, 4) is 0 Å². The second-order valence-corrected chi connectivity index (χ2v) is 6.38. The molecule has 2 heterocycles. The van der Waals surface area contributed by atoms with Crippen molar-refractivity contribution in [1.29, 1.82) is 0 Å². The number of nitrogen functional groups attached to an aromatic ring is 1. The Labute approximate surface area is 126 Å². The number of nitrogens with zero attached hydrogens (tertiary/aromatic N) is 3. The zero-order valence-corrected chi connectivity index (χ0v) is 13.5. The predicted octanol–water partition coefficient (Wildman–Crippen LogP) is 1.45. The summed E-state index contributed by atoms with van der Waals surface area (Å²) in [5.74, 6) is 2.44. The highest BCUT2D eigenvalue weighted by atomic mass is 16.2. The lowest BCUT2D eigenvalue weighted by molar-refractivity contribution is -0.128. The fourth-order valence-electron chi connectivity index (χ4n) is 2.73. The summed E-state index contributed by atoms with van der Waals surface area (Å²) in [6.45, 7) is 9.48. The smallest absolute Gasteiger partial charge is 0.227 e. The molecule has 2 rings (SSSR count). The summed E-state index contributed by atoms with van der Waals surface area (Å²) in [5, 5.41) is 2.75. The zero-order valence-electron chi connectivity index (χ0n) is 13.5. The normalized spacial score (nSPS) is 21.9. The van der Waals surface area contributed by atoms with E-state index in [9.17, 15) is 4.79 Å². The summed E-state index contributed by atoms with van der Waals surface area (Å²) in [6, 6.07) is 0. The first-order chi connectivity index (χ1) is 9.78. The first-order valence-corrected chi connectivity index (χ1v) is 7.39. The molecule has 116 valence electrons. The molecule has 1 aliphatic heterocycles. The van der Waals surface area contributed by atoms with Crippen LogP contribution in [0.5, 0.6) is 0 Å². The molecule has 1 fully saturated rings. The molecule has 6 heteroatoms. The Hall–Kier alpha value is -1.85. The van der Waals surface area contributed by atoms with Gasteiger partial charge in [0.15, 0.2) is 0 Å². The number of hydrogen-bond donors (Lipinski definition) is 2. The van der Waals surface area contributed by atoms with Gasteiger partial charge in [-0.15, -0.1) is 0 Å². The van der Waals surface area contributed by atoms with Gasteiger partial charge in [-0.3, -0.25) is 4.79 Å². The molecule has 1 atom stereocenters. The van der Waals surface area contributed by atoms with Crippen LogP contribution in [0.2, 0.25) is 0 Å². The molecule has 0 aliphatic carbocycles. The van der Waals surface area contributed by atoms with Crippen molar-refractivity contribution < 1.29 is 4.79 Å². The first-order valence-electron chi connectivity index (χ1n) is 7.39. The minimum atomic E-state index is -0.376. The van der Waals surface area contributed by atoms with Crippen LogP contribution in [0.4, 0.5) is 11.6 Å². The lowest BCUT2D eigenvalue weighted by Gasteiger charge is -2.25. The molecule has 1 unspecified atom stereocenters. The second-order valence-electron chi connectivity index (χ2n) is 6.38. The third-order valence-corrected chi connectivity index (χ3v) is 4.24. The molecule has 1 saturated heterocycles. The largest absolute Gasteiger partial charge is 0.383 e. The van der Waals surface area contributed by atoms with Crippen molar-refractivity contribution >= 4 is 17.5 Å². The number of hydrogen-bond acceptors (Lipinski definition) is 5. The molecular weight excluding hydrogens is 266 g/mol. The Balaban J connectivity index is 2.34. The van der Waals surface area contributed by atoms with E-state index in [1.165, 1.54) is 0 Å². The van der Waals surface area contributed by atoms with Crippen LogP contribution in [0, 0.1) is 12.3 Å². The van der Waals surface area contributed by atoms with Crippen LogP contribution >= 0.6 is 0 Å². The Morgan fingerprint density at radius 1 is 1.43 bits per heavy atom. The van der Waals surface area contributed by atoms with Crippen LogP contribution in [0.3, 0.4) is 0 Å². The average Bonchev–Trinajstić information content (AvgIpc) is 2.84. The van der Waals surface area contributed by atoms with Crippen LogP contribution in [-0.4, -0.2) is 36.0 Å². The summed E-state index contributed by atoms with van der Waals surface area (Å²) >= 11 is 0. The first kappa shape index (κ1) is 15.5. The van der Waals surface area contributed by atoms with Gasteiger partial charge < -0.3 is 16.0 Å². The highest BCUT2D eigenvalue weighted by molar-refractivity contribution is 5.83. The standard InChI is InChI=1S/C15H25N5O/c1-9(2)12-18-11(16)10(3)13(19-12)20-7-6-15(4,8-20)14(21)17-5/h9H,6-8H2,1-5H3,(H,17,21)(H2,16,18,19). The van der Waals surface area contributed by atoms with E-state index >= 15 is 0 Å². The maximum Gasteiger partial charge on any atom is 0.227 e. The van der Waals surface area contributed by atoms with Crippen LogP contribution < -0.4 is 16.0 Å². The van der Waals surface area contributed by atoms with Crippen molar-refractivity contribution in [1.82, 2.24) is 15.3 Å². The van der Waals surface area contributed by atoms with Crippen molar-refractivity contribution in [3.05, 3.63) is 11.4 Å². The number of anilines is 2. The fraction of sp³-hybridized carbons (Fsp3) is 0.667. The van der Waals surface area contributed by atoms with E-state index in [0.29, 0.717) is 12.4 Å². The number of nitrogens with two attached hydrogens (primary N) is 1. The molecule has 1 amide bonds. The maximum atomic E-state index is 12.0. The van der Waals surface area contributed by atoms with Gasteiger partial charge in [0.2, 0.25) is 5.91 Å². The van der Waals surface area contributed by atoms with Crippen LogP contribution in [0.15, 0.2) is 0 Å². The number of carbonyl (C=O) groups is 1. The van der Waals surface area contributed by atoms with Crippen molar-refractivity contribution in [2.45, 2.75) is 40.0 Å². The van der Waals surface area contributed by atoms with Crippen molar-refractivity contribution in [2.75, 3.05) is 30.8 Å². The monoisotopic (exact) mass is 291 g/mol. The molecule has 6 nitrogen and oxygen atoms in total. The molecule has 3 N–H and O–H groups in total. The van der Waals surface area contributed by atoms with Crippen LogP contribution in [-0.2, 0) is 4.79 Å². The third-order valence-electron chi connectivity index (χ3n) is 4.24. The van der Waals surface area contributed by atoms with Gasteiger partial charge in [0, 0.05) is 31.6 Å². The van der Waals surface area contributed by atoms with E-state index < -0.39 is 0 Å². The van der Waals surface area contributed by atoms with Crippen molar-refractivity contribution in [3.63, 3.8) is 0 Å². The summed E-state index contributed by atoms with van der Waals surface area (Å²) in [6.07, 6.45) is 0.813. The van der Waals surface area contributed by atoms with E-state index in [-0.39, 0.29) is 17.2 Å². The quantitative estimate of drug-likeness (QED) is 0.880. The summed E-state index contributed by atoms with van der Waals surface area (Å²) in [5.41, 5.74) is 6.54. The van der Waals surface area contributed by atoms with Gasteiger partial charge in [-0.05, 0) is 20.3 Å². The summed E-state index contributed by atoms with van der Waals surface area (Å²) in [4.78, 5) is 23.2. The van der Waals surface area contributed by atoms with Gasteiger partial charge in [-0.1, -0.05) is 13.8 Å². The Morgan fingerprint density at radius 2 is 2.10 bits per heavy atom. The number of carbonyl (C=O) groups excluding carboxylic acids is 1. The highest BCUT2D eigenvalue weighted by Crippen LogP contribution is 2.35. The maximum absolute atomic E-state index is 12.0. The Morgan fingerprint density at radius 3 is 2.67 bits per heavy atom. The molecule has 1 aliphatic rings. The minimum Gasteiger partial charge on any atom is -0.383 e. The van der Waals surface area contributed by atoms with Gasteiger partial charge in [0.25, 0.3) is 0 Å². The molecule has 0 radical (unpaired) electrons. The topological polar surface area (TPSA) is 84.1 Å². The van der Waals surface area contributed by atoms with Gasteiger partial charge in [-0.2, -0.15) is 0 Å². The number of amides is 1. The van der Waals surface area contributed by atoms with E-state index in [1.54, 1.807) is 7.05 Å². The lowest BCUT2D eigenvalue weighted by Crippen LogP contribution is -2.39. The molecule has 1 aromatic heterocycles. The highest BCUT2D eigenvalue weighted by Gasteiger charge is 2.40. The molecule has 1 aromatic rings.